The Morgan fingerprint density at radius 2 is 2.16 bits per heavy atom. The molecule has 1 aromatic carbocycles. The molecule has 1 atom stereocenters. The molecule has 0 saturated carbocycles. The summed E-state index contributed by atoms with van der Waals surface area (Å²) in [7, 11) is 0. The highest BCUT2D eigenvalue weighted by molar-refractivity contribution is 14.1. The van der Waals surface area contributed by atoms with E-state index >= 15 is 0 Å². The number of hydrogen-bond acceptors (Lipinski definition) is 2. The van der Waals surface area contributed by atoms with Crippen LogP contribution in [0.5, 0.6) is 0 Å². The van der Waals surface area contributed by atoms with Gasteiger partial charge < -0.3 is 11.1 Å². The zero-order chi connectivity index (χ0) is 14.4. The average Bonchev–Trinajstić information content (AvgIpc) is 2.31. The summed E-state index contributed by atoms with van der Waals surface area (Å²) >= 11 is 8.04. The van der Waals surface area contributed by atoms with E-state index in [2.05, 4.69) is 41.8 Å². The first-order chi connectivity index (χ1) is 8.92. The van der Waals surface area contributed by atoms with Crippen LogP contribution in [0.25, 0.3) is 0 Å². The number of hydrogen-bond donors (Lipinski definition) is 2. The molecule has 0 aliphatic carbocycles. The fourth-order valence-electron chi connectivity index (χ4n) is 1.98. The summed E-state index contributed by atoms with van der Waals surface area (Å²) in [6.45, 7) is 4.83. The molecule has 1 unspecified atom stereocenters. The van der Waals surface area contributed by atoms with Gasteiger partial charge in [0.15, 0.2) is 0 Å². The number of nitrogens with one attached hydrogen (secondary N) is 1. The SMILES string of the molecule is CC(C)CC(CN)CC(=O)Nc1ccc(Cl)cc1I. The first-order valence-corrected chi connectivity index (χ1v) is 7.83. The van der Waals surface area contributed by atoms with E-state index in [1.165, 1.54) is 0 Å². The van der Waals surface area contributed by atoms with Gasteiger partial charge >= 0.3 is 0 Å². The number of carbonyl (C=O) groups excluding carboxylic acids is 1. The van der Waals surface area contributed by atoms with Crippen LogP contribution in [-0.2, 0) is 4.79 Å². The molecule has 0 bridgehead atoms. The van der Waals surface area contributed by atoms with Gasteiger partial charge in [0.05, 0.1) is 5.69 Å². The van der Waals surface area contributed by atoms with Crippen molar-refractivity contribution in [2.24, 2.45) is 17.6 Å². The van der Waals surface area contributed by atoms with Crippen molar-refractivity contribution in [3.63, 3.8) is 0 Å². The van der Waals surface area contributed by atoms with Gasteiger partial charge in [0, 0.05) is 15.0 Å². The number of carbonyl (C=O) groups is 1. The topological polar surface area (TPSA) is 55.1 Å². The van der Waals surface area contributed by atoms with E-state index in [1.807, 2.05) is 12.1 Å². The Morgan fingerprint density at radius 3 is 2.68 bits per heavy atom. The lowest BCUT2D eigenvalue weighted by molar-refractivity contribution is -0.117. The Balaban J connectivity index is 2.59. The molecule has 0 aromatic heterocycles. The summed E-state index contributed by atoms with van der Waals surface area (Å²) in [6.07, 6.45) is 1.44. The first kappa shape index (κ1) is 16.7. The molecule has 1 amide bonds. The van der Waals surface area contributed by atoms with Crippen LogP contribution in [0.3, 0.4) is 0 Å². The van der Waals surface area contributed by atoms with E-state index in [0.717, 1.165) is 15.7 Å². The van der Waals surface area contributed by atoms with Gasteiger partial charge in [0.2, 0.25) is 5.91 Å². The highest BCUT2D eigenvalue weighted by atomic mass is 127. The van der Waals surface area contributed by atoms with Crippen molar-refractivity contribution in [2.75, 3.05) is 11.9 Å². The molecule has 19 heavy (non-hydrogen) atoms. The largest absolute Gasteiger partial charge is 0.330 e. The summed E-state index contributed by atoms with van der Waals surface area (Å²) in [4.78, 5) is 12.0. The molecule has 0 aliphatic rings. The van der Waals surface area contributed by atoms with Gasteiger partial charge in [-0.15, -0.1) is 0 Å². The third-order valence-corrected chi connectivity index (χ3v) is 3.94. The molecular weight excluding hydrogens is 375 g/mol. The highest BCUT2D eigenvalue weighted by Crippen LogP contribution is 2.23. The Bertz CT molecular complexity index is 437. The molecule has 0 heterocycles. The van der Waals surface area contributed by atoms with Crippen molar-refractivity contribution >= 4 is 45.8 Å². The smallest absolute Gasteiger partial charge is 0.224 e. The second-order valence-electron chi connectivity index (χ2n) is 5.11. The average molecular weight is 395 g/mol. The molecule has 5 heteroatoms. The fraction of sp³-hybridized carbons (Fsp3) is 0.500. The number of nitrogens with two attached hydrogens (primary N) is 1. The molecule has 1 aromatic rings. The number of anilines is 1. The molecule has 0 fully saturated rings. The van der Waals surface area contributed by atoms with E-state index in [-0.39, 0.29) is 11.8 Å². The van der Waals surface area contributed by atoms with E-state index in [0.29, 0.717) is 23.9 Å². The molecule has 3 N–H and O–H groups in total. The molecule has 106 valence electrons. The minimum atomic E-state index is 0.0105. The van der Waals surface area contributed by atoms with E-state index < -0.39 is 0 Å². The van der Waals surface area contributed by atoms with Gasteiger partial charge in [-0.3, -0.25) is 4.79 Å². The maximum absolute atomic E-state index is 12.0. The molecular formula is C14H20ClIN2O. The summed E-state index contributed by atoms with van der Waals surface area (Å²) in [5, 5.41) is 3.58. The number of rotatable bonds is 6. The van der Waals surface area contributed by atoms with Gasteiger partial charge in [-0.2, -0.15) is 0 Å². The Kier molecular flexibility index (Phi) is 7.10. The number of halogens is 2. The van der Waals surface area contributed by atoms with Crippen molar-refractivity contribution in [2.45, 2.75) is 26.7 Å². The van der Waals surface area contributed by atoms with Crippen molar-refractivity contribution in [1.82, 2.24) is 0 Å². The lowest BCUT2D eigenvalue weighted by Crippen LogP contribution is -2.23. The van der Waals surface area contributed by atoms with E-state index in [9.17, 15) is 4.79 Å². The Hall–Kier alpha value is -0.330. The molecule has 3 nitrogen and oxygen atoms in total. The Labute approximate surface area is 133 Å². The van der Waals surface area contributed by atoms with Crippen LogP contribution in [0.15, 0.2) is 18.2 Å². The molecule has 0 saturated heterocycles. The quantitative estimate of drug-likeness (QED) is 0.719. The zero-order valence-corrected chi connectivity index (χ0v) is 14.2. The lowest BCUT2D eigenvalue weighted by atomic mass is 9.94. The van der Waals surface area contributed by atoms with Gasteiger partial charge in [-0.25, -0.2) is 0 Å². The maximum atomic E-state index is 12.0. The first-order valence-electron chi connectivity index (χ1n) is 6.37. The monoisotopic (exact) mass is 394 g/mol. The third-order valence-electron chi connectivity index (χ3n) is 2.82. The number of amides is 1. The van der Waals surface area contributed by atoms with Crippen LogP contribution in [0.4, 0.5) is 5.69 Å². The van der Waals surface area contributed by atoms with Gasteiger partial charge in [0.25, 0.3) is 0 Å². The minimum Gasteiger partial charge on any atom is -0.330 e. The summed E-state index contributed by atoms with van der Waals surface area (Å²) in [5.74, 6) is 0.804. The van der Waals surface area contributed by atoms with Crippen molar-refractivity contribution in [3.05, 3.63) is 26.8 Å². The predicted octanol–water partition coefficient (Wildman–Crippen LogP) is 3.89. The van der Waals surface area contributed by atoms with E-state index in [4.69, 9.17) is 17.3 Å². The molecule has 1 rings (SSSR count). The summed E-state index contributed by atoms with van der Waals surface area (Å²) < 4.78 is 0.937. The molecule has 0 radical (unpaired) electrons. The minimum absolute atomic E-state index is 0.0105. The van der Waals surface area contributed by atoms with Crippen LogP contribution in [0.1, 0.15) is 26.7 Å². The zero-order valence-electron chi connectivity index (χ0n) is 11.2. The van der Waals surface area contributed by atoms with Crippen LogP contribution in [0.2, 0.25) is 5.02 Å². The van der Waals surface area contributed by atoms with Gasteiger partial charge in [-0.05, 0) is 65.6 Å². The summed E-state index contributed by atoms with van der Waals surface area (Å²) in [6, 6.07) is 5.42. The lowest BCUT2D eigenvalue weighted by Gasteiger charge is -2.17. The molecule has 0 aliphatic heterocycles. The van der Waals surface area contributed by atoms with Gasteiger partial charge in [-0.1, -0.05) is 25.4 Å². The van der Waals surface area contributed by atoms with Crippen LogP contribution >= 0.6 is 34.2 Å². The standard InChI is InChI=1S/C14H20ClIN2O/c1-9(2)5-10(8-17)6-14(19)18-13-4-3-11(15)7-12(13)16/h3-4,7,9-10H,5-6,8,17H2,1-2H3,(H,18,19). The predicted molar refractivity (Wildman–Crippen MR) is 89.4 cm³/mol. The van der Waals surface area contributed by atoms with Gasteiger partial charge in [0.1, 0.15) is 0 Å². The normalized spacial score (nSPS) is 12.5. The van der Waals surface area contributed by atoms with Crippen molar-refractivity contribution in [1.29, 1.82) is 0 Å². The Morgan fingerprint density at radius 1 is 1.47 bits per heavy atom. The van der Waals surface area contributed by atoms with Crippen LogP contribution in [-0.4, -0.2) is 12.5 Å². The second kappa shape index (κ2) is 8.07. The summed E-state index contributed by atoms with van der Waals surface area (Å²) in [5.41, 5.74) is 6.51. The second-order valence-corrected chi connectivity index (χ2v) is 6.71. The number of benzene rings is 1. The molecule has 0 spiro atoms. The van der Waals surface area contributed by atoms with Crippen LogP contribution in [0, 0.1) is 15.4 Å². The maximum Gasteiger partial charge on any atom is 0.224 e. The van der Waals surface area contributed by atoms with E-state index in [1.54, 1.807) is 6.07 Å². The third kappa shape index (κ3) is 6.10. The van der Waals surface area contributed by atoms with Crippen molar-refractivity contribution in [3.8, 4) is 0 Å². The highest BCUT2D eigenvalue weighted by Gasteiger charge is 2.15. The van der Waals surface area contributed by atoms with Crippen LogP contribution < -0.4 is 11.1 Å². The van der Waals surface area contributed by atoms with Crippen molar-refractivity contribution < 1.29 is 4.79 Å². The fourth-order valence-corrected chi connectivity index (χ4v) is 2.99.